The highest BCUT2D eigenvalue weighted by molar-refractivity contribution is 7.10. The number of H-pyrrole nitrogens is 1. The first kappa shape index (κ1) is 20.0. The second kappa shape index (κ2) is 8.63. The summed E-state index contributed by atoms with van der Waals surface area (Å²) in [6.45, 7) is 4.38. The van der Waals surface area contributed by atoms with Crippen LogP contribution in [-0.4, -0.2) is 16.1 Å². The van der Waals surface area contributed by atoms with E-state index in [0.29, 0.717) is 16.7 Å². The summed E-state index contributed by atoms with van der Waals surface area (Å²) >= 11 is 1.59. The molecule has 0 saturated carbocycles. The minimum atomic E-state index is -0.327. The van der Waals surface area contributed by atoms with Crippen LogP contribution in [0.5, 0.6) is 0 Å². The fourth-order valence-corrected chi connectivity index (χ4v) is 4.32. The summed E-state index contributed by atoms with van der Waals surface area (Å²) in [4.78, 5) is 26.3. The van der Waals surface area contributed by atoms with Crippen molar-refractivity contribution in [2.45, 2.75) is 32.2 Å². The lowest BCUT2D eigenvalue weighted by atomic mass is 9.95. The Balaban J connectivity index is 1.69. The fourth-order valence-electron chi connectivity index (χ4n) is 3.51. The van der Waals surface area contributed by atoms with E-state index in [0.717, 1.165) is 16.9 Å². The second-order valence-electron chi connectivity index (χ2n) is 7.34. The highest BCUT2D eigenvalue weighted by atomic mass is 32.1. The molecule has 2 unspecified atom stereocenters. The van der Waals surface area contributed by atoms with E-state index in [9.17, 15) is 9.59 Å². The number of hydrogen-bond donors (Lipinski definition) is 2. The minimum Gasteiger partial charge on any atom is -0.339 e. The zero-order valence-electron chi connectivity index (χ0n) is 16.9. The van der Waals surface area contributed by atoms with Crippen LogP contribution in [0.3, 0.4) is 0 Å². The van der Waals surface area contributed by atoms with Crippen molar-refractivity contribution in [2.75, 3.05) is 0 Å². The van der Waals surface area contributed by atoms with E-state index < -0.39 is 0 Å². The van der Waals surface area contributed by atoms with Gasteiger partial charge >= 0.3 is 0 Å². The first-order valence-corrected chi connectivity index (χ1v) is 10.9. The predicted octanol–water partition coefficient (Wildman–Crippen LogP) is 5.02. The Morgan fingerprint density at radius 3 is 2.40 bits per heavy atom. The molecule has 0 aliphatic heterocycles. The standard InChI is InChI=1S/C24H23N3O2S/c1-3-15(2)16-10-12-17(13-11-16)21(20-9-6-14-30-20)25-24(29)22-18-7-4-5-8-19(18)23(28)27-26-22/h4-15,21H,3H2,1-2H3,(H,25,29)(H,27,28). The van der Waals surface area contributed by atoms with Crippen molar-refractivity contribution in [2.24, 2.45) is 0 Å². The maximum Gasteiger partial charge on any atom is 0.273 e. The number of amides is 1. The zero-order valence-corrected chi connectivity index (χ0v) is 17.7. The number of aromatic amines is 1. The predicted molar refractivity (Wildman–Crippen MR) is 121 cm³/mol. The van der Waals surface area contributed by atoms with Gasteiger partial charge in [0.25, 0.3) is 11.5 Å². The lowest BCUT2D eigenvalue weighted by Crippen LogP contribution is -2.30. The average Bonchev–Trinajstić information content (AvgIpc) is 3.32. The van der Waals surface area contributed by atoms with Crippen LogP contribution >= 0.6 is 11.3 Å². The Kier molecular flexibility index (Phi) is 5.77. The molecule has 4 aromatic rings. The summed E-state index contributed by atoms with van der Waals surface area (Å²) in [5.74, 6) is 0.164. The monoisotopic (exact) mass is 417 g/mol. The van der Waals surface area contributed by atoms with E-state index >= 15 is 0 Å². The molecule has 5 nitrogen and oxygen atoms in total. The molecule has 6 heteroatoms. The van der Waals surface area contributed by atoms with E-state index in [4.69, 9.17) is 0 Å². The molecular formula is C24H23N3O2S. The normalized spacial score (nSPS) is 13.1. The number of rotatable bonds is 6. The molecule has 2 aromatic carbocycles. The summed E-state index contributed by atoms with van der Waals surface area (Å²) in [5.41, 5.74) is 2.19. The number of hydrogen-bond acceptors (Lipinski definition) is 4. The first-order chi connectivity index (χ1) is 14.6. The lowest BCUT2D eigenvalue weighted by molar-refractivity contribution is 0.0939. The topological polar surface area (TPSA) is 74.8 Å². The van der Waals surface area contributed by atoms with Crippen molar-refractivity contribution >= 4 is 28.0 Å². The molecule has 1 amide bonds. The summed E-state index contributed by atoms with van der Waals surface area (Å²) in [6.07, 6.45) is 1.08. The molecule has 0 aliphatic carbocycles. The van der Waals surface area contributed by atoms with E-state index in [2.05, 4.69) is 53.6 Å². The summed E-state index contributed by atoms with van der Waals surface area (Å²) in [5, 5.41) is 12.6. The van der Waals surface area contributed by atoms with Crippen LogP contribution in [0.15, 0.2) is 70.8 Å². The molecule has 0 spiro atoms. The van der Waals surface area contributed by atoms with E-state index in [1.165, 1.54) is 5.56 Å². The number of thiophene rings is 1. The average molecular weight is 418 g/mol. The maximum atomic E-state index is 13.2. The van der Waals surface area contributed by atoms with Gasteiger partial charge in [0, 0.05) is 10.3 Å². The smallest absolute Gasteiger partial charge is 0.273 e. The van der Waals surface area contributed by atoms with E-state index in [1.807, 2.05) is 17.5 Å². The van der Waals surface area contributed by atoms with Crippen LogP contribution in [0.4, 0.5) is 0 Å². The van der Waals surface area contributed by atoms with Crippen LogP contribution < -0.4 is 10.9 Å². The number of nitrogens with one attached hydrogen (secondary N) is 2. The van der Waals surface area contributed by atoms with Crippen LogP contribution in [0, 0.1) is 0 Å². The lowest BCUT2D eigenvalue weighted by Gasteiger charge is -2.19. The van der Waals surface area contributed by atoms with Gasteiger partial charge in [0.2, 0.25) is 0 Å². The maximum absolute atomic E-state index is 13.2. The molecule has 30 heavy (non-hydrogen) atoms. The Bertz CT molecular complexity index is 1210. The minimum absolute atomic E-state index is 0.211. The van der Waals surface area contributed by atoms with Crippen molar-refractivity contribution in [1.29, 1.82) is 0 Å². The Hall–Kier alpha value is -3.25. The molecular weight excluding hydrogens is 394 g/mol. The fraction of sp³-hybridized carbons (Fsp3) is 0.208. The van der Waals surface area contributed by atoms with Crippen LogP contribution in [0.2, 0.25) is 0 Å². The molecule has 2 atom stereocenters. The molecule has 0 fully saturated rings. The Morgan fingerprint density at radius 1 is 1.03 bits per heavy atom. The van der Waals surface area contributed by atoms with Crippen molar-refractivity contribution in [3.63, 3.8) is 0 Å². The van der Waals surface area contributed by atoms with Gasteiger partial charge in [0.05, 0.1) is 11.4 Å². The van der Waals surface area contributed by atoms with Crippen molar-refractivity contribution in [3.8, 4) is 0 Å². The molecule has 0 radical (unpaired) electrons. The molecule has 0 aliphatic rings. The SMILES string of the molecule is CCC(C)c1ccc(C(NC(=O)c2n[nH]c(=O)c3ccccc23)c2cccs2)cc1. The van der Waals surface area contributed by atoms with Gasteiger partial charge < -0.3 is 5.32 Å². The van der Waals surface area contributed by atoms with Gasteiger partial charge in [-0.3, -0.25) is 9.59 Å². The van der Waals surface area contributed by atoms with Gasteiger partial charge in [-0.1, -0.05) is 62.4 Å². The van der Waals surface area contributed by atoms with Gasteiger partial charge in [-0.15, -0.1) is 11.3 Å². The molecule has 2 heterocycles. The van der Waals surface area contributed by atoms with Gasteiger partial charge in [0.1, 0.15) is 0 Å². The third kappa shape index (κ3) is 3.91. The first-order valence-electron chi connectivity index (χ1n) is 10.00. The Labute approximate surface area is 178 Å². The number of nitrogens with zero attached hydrogens (tertiary/aromatic N) is 1. The summed E-state index contributed by atoms with van der Waals surface area (Å²) in [7, 11) is 0. The molecule has 0 saturated heterocycles. The number of carbonyl (C=O) groups is 1. The molecule has 2 N–H and O–H groups in total. The van der Waals surface area contributed by atoms with Crippen molar-refractivity contribution in [1.82, 2.24) is 15.5 Å². The van der Waals surface area contributed by atoms with Crippen LogP contribution in [0.1, 0.15) is 58.7 Å². The zero-order chi connectivity index (χ0) is 21.1. The highest BCUT2D eigenvalue weighted by Gasteiger charge is 2.22. The number of aromatic nitrogens is 2. The van der Waals surface area contributed by atoms with Gasteiger partial charge in [-0.25, -0.2) is 5.10 Å². The molecule has 2 aromatic heterocycles. The van der Waals surface area contributed by atoms with E-state index in [1.54, 1.807) is 35.6 Å². The molecule has 4 rings (SSSR count). The summed E-state index contributed by atoms with van der Waals surface area (Å²) in [6, 6.07) is 19.1. The van der Waals surface area contributed by atoms with Crippen LogP contribution in [0.25, 0.3) is 10.8 Å². The molecule has 0 bridgehead atoms. The second-order valence-corrected chi connectivity index (χ2v) is 8.32. The highest BCUT2D eigenvalue weighted by Crippen LogP contribution is 2.28. The van der Waals surface area contributed by atoms with Crippen molar-refractivity contribution in [3.05, 3.63) is 98.1 Å². The van der Waals surface area contributed by atoms with Gasteiger partial charge in [-0.05, 0) is 41.0 Å². The molecule has 152 valence electrons. The van der Waals surface area contributed by atoms with Crippen LogP contribution in [-0.2, 0) is 0 Å². The summed E-state index contributed by atoms with van der Waals surface area (Å²) < 4.78 is 0. The van der Waals surface area contributed by atoms with E-state index in [-0.39, 0.29) is 23.2 Å². The van der Waals surface area contributed by atoms with Gasteiger partial charge in [-0.2, -0.15) is 5.10 Å². The number of fused-ring (bicyclic) bond motifs is 1. The van der Waals surface area contributed by atoms with Crippen molar-refractivity contribution < 1.29 is 4.79 Å². The third-order valence-corrected chi connectivity index (χ3v) is 6.40. The quantitative estimate of drug-likeness (QED) is 0.463. The Morgan fingerprint density at radius 2 is 1.73 bits per heavy atom. The number of benzene rings is 2. The third-order valence-electron chi connectivity index (χ3n) is 5.47. The van der Waals surface area contributed by atoms with Gasteiger partial charge in [0.15, 0.2) is 5.69 Å². The largest absolute Gasteiger partial charge is 0.339 e. The number of carbonyl (C=O) groups excluding carboxylic acids is 1.